The summed E-state index contributed by atoms with van der Waals surface area (Å²) in [5.41, 5.74) is 7.34. The van der Waals surface area contributed by atoms with Crippen molar-refractivity contribution in [2.45, 2.75) is 19.4 Å². The van der Waals surface area contributed by atoms with Crippen molar-refractivity contribution >= 4 is 0 Å². The maximum Gasteiger partial charge on any atom is 0.00505 e. The van der Waals surface area contributed by atoms with Crippen LogP contribution in [0.4, 0.5) is 0 Å². The average Bonchev–Trinajstić information content (AvgIpc) is 2.13. The first-order chi connectivity index (χ1) is 3.79. The molecule has 0 saturated heterocycles. The van der Waals surface area contributed by atoms with E-state index in [0.717, 1.165) is 11.8 Å². The predicted molar refractivity (Wildman–Crippen MR) is 33.3 cm³/mol. The second kappa shape index (κ2) is 1.16. The molecule has 1 nitrogen and oxygen atoms in total. The van der Waals surface area contributed by atoms with Gasteiger partial charge in [-0.1, -0.05) is 11.6 Å². The van der Waals surface area contributed by atoms with Crippen LogP contribution in [0.1, 0.15) is 13.3 Å². The molecule has 0 spiro atoms. The minimum atomic E-state index is 0.419. The molecule has 0 amide bonds. The molecule has 8 heavy (non-hydrogen) atoms. The van der Waals surface area contributed by atoms with Crippen molar-refractivity contribution < 1.29 is 0 Å². The summed E-state index contributed by atoms with van der Waals surface area (Å²) in [6, 6.07) is 0.419. The highest BCUT2D eigenvalue weighted by molar-refractivity contribution is 5.40. The van der Waals surface area contributed by atoms with Gasteiger partial charge in [0.1, 0.15) is 0 Å². The van der Waals surface area contributed by atoms with Gasteiger partial charge >= 0.3 is 0 Å². The van der Waals surface area contributed by atoms with E-state index >= 15 is 0 Å². The molecular weight excluding hydrogens is 98.1 g/mol. The summed E-state index contributed by atoms with van der Waals surface area (Å²) in [6.07, 6.45) is 3.64. The standard InChI is InChI=1S/C7H11N/c1-4(8)6-2-5-3-7(5)6/h3-4,6-7H,2,8H2,1H3. The van der Waals surface area contributed by atoms with E-state index in [1.807, 2.05) is 0 Å². The van der Waals surface area contributed by atoms with E-state index in [-0.39, 0.29) is 0 Å². The molecule has 3 atom stereocenters. The van der Waals surface area contributed by atoms with Crippen molar-refractivity contribution in [3.8, 4) is 0 Å². The summed E-state index contributed by atoms with van der Waals surface area (Å²) in [7, 11) is 0. The third-order valence-electron chi connectivity index (χ3n) is 2.32. The van der Waals surface area contributed by atoms with E-state index < -0.39 is 0 Å². The molecular formula is C7H11N. The van der Waals surface area contributed by atoms with Crippen molar-refractivity contribution in [1.82, 2.24) is 0 Å². The number of rotatable bonds is 1. The number of fused-ring (bicyclic) bond motifs is 1. The number of nitrogens with two attached hydrogens (primary N) is 1. The highest BCUT2D eigenvalue weighted by Crippen LogP contribution is 2.53. The van der Waals surface area contributed by atoms with Gasteiger partial charge in [0, 0.05) is 12.0 Å². The Labute approximate surface area is 49.6 Å². The van der Waals surface area contributed by atoms with Gasteiger partial charge in [-0.3, -0.25) is 0 Å². The van der Waals surface area contributed by atoms with Crippen LogP contribution in [0, 0.1) is 11.8 Å². The maximum absolute atomic E-state index is 5.68. The van der Waals surface area contributed by atoms with Crippen LogP contribution in [0.3, 0.4) is 0 Å². The first kappa shape index (κ1) is 4.57. The lowest BCUT2D eigenvalue weighted by Crippen LogP contribution is -2.33. The quantitative estimate of drug-likeness (QED) is 0.498. The van der Waals surface area contributed by atoms with Gasteiger partial charge in [-0.15, -0.1) is 0 Å². The zero-order valence-electron chi connectivity index (χ0n) is 5.09. The van der Waals surface area contributed by atoms with E-state index in [0.29, 0.717) is 6.04 Å². The normalized spacial score (nSPS) is 44.0. The topological polar surface area (TPSA) is 26.0 Å². The number of hydrogen-bond acceptors (Lipinski definition) is 1. The van der Waals surface area contributed by atoms with Crippen molar-refractivity contribution in [3.63, 3.8) is 0 Å². The Hall–Kier alpha value is -0.300. The van der Waals surface area contributed by atoms with E-state index in [1.165, 1.54) is 6.42 Å². The van der Waals surface area contributed by atoms with Crippen molar-refractivity contribution in [2.24, 2.45) is 17.6 Å². The zero-order valence-corrected chi connectivity index (χ0v) is 5.09. The molecule has 0 heterocycles. The lowest BCUT2D eigenvalue weighted by Gasteiger charge is -2.28. The summed E-state index contributed by atoms with van der Waals surface area (Å²) >= 11 is 0. The molecule has 0 bridgehead atoms. The van der Waals surface area contributed by atoms with Gasteiger partial charge in [0.25, 0.3) is 0 Å². The van der Waals surface area contributed by atoms with Gasteiger partial charge in [0.15, 0.2) is 0 Å². The van der Waals surface area contributed by atoms with Crippen molar-refractivity contribution in [1.29, 1.82) is 0 Å². The Bertz CT molecular complexity index is 144. The van der Waals surface area contributed by atoms with Crippen LogP contribution in [0.2, 0.25) is 0 Å². The fraction of sp³-hybridized carbons (Fsp3) is 0.714. The van der Waals surface area contributed by atoms with Crippen LogP contribution < -0.4 is 5.73 Å². The predicted octanol–water partition coefficient (Wildman–Crippen LogP) is 0.910. The highest BCUT2D eigenvalue weighted by atomic mass is 14.7. The molecule has 0 aliphatic heterocycles. The maximum atomic E-state index is 5.68. The Morgan fingerprint density at radius 2 is 2.62 bits per heavy atom. The lowest BCUT2D eigenvalue weighted by atomic mass is 9.79. The molecule has 2 aliphatic carbocycles. The Balaban J connectivity index is 1.95. The fourth-order valence-electron chi connectivity index (χ4n) is 1.54. The van der Waals surface area contributed by atoms with Gasteiger partial charge in [-0.2, -0.15) is 0 Å². The third-order valence-corrected chi connectivity index (χ3v) is 2.32. The Morgan fingerprint density at radius 3 is 2.75 bits per heavy atom. The second-order valence-corrected chi connectivity index (χ2v) is 2.99. The van der Waals surface area contributed by atoms with Gasteiger partial charge in [-0.05, 0) is 19.3 Å². The summed E-state index contributed by atoms with van der Waals surface area (Å²) < 4.78 is 0. The number of allylic oxidation sites excluding steroid dienone is 2. The molecule has 0 aromatic carbocycles. The molecule has 44 valence electrons. The molecule has 0 radical (unpaired) electrons. The SMILES string of the molecule is CC(N)C1CC2=CC21. The van der Waals surface area contributed by atoms with Crippen LogP contribution in [0.5, 0.6) is 0 Å². The van der Waals surface area contributed by atoms with Crippen LogP contribution >= 0.6 is 0 Å². The van der Waals surface area contributed by atoms with Gasteiger partial charge in [0.2, 0.25) is 0 Å². The van der Waals surface area contributed by atoms with Gasteiger partial charge < -0.3 is 5.73 Å². The molecule has 1 fully saturated rings. The minimum absolute atomic E-state index is 0.419. The third kappa shape index (κ3) is 0.402. The Morgan fingerprint density at radius 1 is 1.88 bits per heavy atom. The molecule has 0 aromatic rings. The molecule has 1 saturated carbocycles. The van der Waals surface area contributed by atoms with Crippen molar-refractivity contribution in [2.75, 3.05) is 0 Å². The highest BCUT2D eigenvalue weighted by Gasteiger charge is 2.45. The van der Waals surface area contributed by atoms with E-state index in [2.05, 4.69) is 13.0 Å². The van der Waals surface area contributed by atoms with Crippen LogP contribution in [0.15, 0.2) is 11.6 Å². The molecule has 2 N–H and O–H groups in total. The Kier molecular flexibility index (Phi) is 0.662. The molecule has 1 heteroatoms. The minimum Gasteiger partial charge on any atom is -0.328 e. The smallest absolute Gasteiger partial charge is 0.00505 e. The van der Waals surface area contributed by atoms with Gasteiger partial charge in [-0.25, -0.2) is 0 Å². The van der Waals surface area contributed by atoms with Crippen LogP contribution in [-0.4, -0.2) is 6.04 Å². The van der Waals surface area contributed by atoms with E-state index in [9.17, 15) is 0 Å². The summed E-state index contributed by atoms with van der Waals surface area (Å²) in [5.74, 6) is 1.67. The van der Waals surface area contributed by atoms with Gasteiger partial charge in [0.05, 0.1) is 0 Å². The molecule has 0 aromatic heterocycles. The largest absolute Gasteiger partial charge is 0.328 e. The van der Waals surface area contributed by atoms with Crippen LogP contribution in [-0.2, 0) is 0 Å². The number of hydrogen-bond donors (Lipinski definition) is 1. The van der Waals surface area contributed by atoms with Crippen LogP contribution in [0.25, 0.3) is 0 Å². The van der Waals surface area contributed by atoms with E-state index in [4.69, 9.17) is 5.73 Å². The fourth-order valence-corrected chi connectivity index (χ4v) is 1.54. The lowest BCUT2D eigenvalue weighted by molar-refractivity contribution is 0.339. The first-order valence-corrected chi connectivity index (χ1v) is 3.25. The first-order valence-electron chi connectivity index (χ1n) is 3.25. The summed E-state index contributed by atoms with van der Waals surface area (Å²) in [6.45, 7) is 2.10. The monoisotopic (exact) mass is 109 g/mol. The zero-order chi connectivity index (χ0) is 5.72. The summed E-state index contributed by atoms with van der Waals surface area (Å²) in [4.78, 5) is 0. The molecule has 2 aliphatic rings. The van der Waals surface area contributed by atoms with Crippen molar-refractivity contribution in [3.05, 3.63) is 11.6 Å². The average molecular weight is 109 g/mol. The second-order valence-electron chi connectivity index (χ2n) is 2.99. The summed E-state index contributed by atoms with van der Waals surface area (Å²) in [5, 5.41) is 0. The molecule has 3 unspecified atom stereocenters. The van der Waals surface area contributed by atoms with E-state index in [1.54, 1.807) is 5.57 Å². The molecule has 2 rings (SSSR count).